The second-order valence-electron chi connectivity index (χ2n) is 8.38. The van der Waals surface area contributed by atoms with Crippen molar-refractivity contribution in [2.75, 3.05) is 18.6 Å². The summed E-state index contributed by atoms with van der Waals surface area (Å²) in [5.41, 5.74) is 9.95. The highest BCUT2D eigenvalue weighted by molar-refractivity contribution is 7.84. The number of carbonyl (C=O) groups excluding carboxylic acids is 2. The summed E-state index contributed by atoms with van der Waals surface area (Å²) in [6, 6.07) is 11.6. The summed E-state index contributed by atoms with van der Waals surface area (Å²) >= 11 is 0. The zero-order valence-electron chi connectivity index (χ0n) is 19.6. The Morgan fingerprint density at radius 1 is 1.09 bits per heavy atom. The minimum atomic E-state index is -1.09. The van der Waals surface area contributed by atoms with Gasteiger partial charge < -0.3 is 21.5 Å². The van der Waals surface area contributed by atoms with E-state index in [0.29, 0.717) is 12.3 Å². The molecule has 2 rings (SSSR count). The van der Waals surface area contributed by atoms with Crippen molar-refractivity contribution in [3.05, 3.63) is 64.7 Å². The number of benzene rings is 2. The molecule has 2 aromatic rings. The first-order valence-electron chi connectivity index (χ1n) is 11.1. The van der Waals surface area contributed by atoms with Crippen LogP contribution in [0.4, 0.5) is 0 Å². The Bertz CT molecular complexity index is 942. The number of aromatic hydroxyl groups is 1. The molecule has 2 amide bonds. The number of rotatable bonds is 12. The van der Waals surface area contributed by atoms with Gasteiger partial charge in [0.1, 0.15) is 11.8 Å². The zero-order valence-corrected chi connectivity index (χ0v) is 20.4. The quantitative estimate of drug-likeness (QED) is 0.351. The van der Waals surface area contributed by atoms with Crippen molar-refractivity contribution in [1.82, 2.24) is 10.6 Å². The molecule has 0 aliphatic carbocycles. The number of phenols is 1. The van der Waals surface area contributed by atoms with Gasteiger partial charge in [0, 0.05) is 29.4 Å². The molecule has 8 heteroatoms. The molecular weight excluding hydrogens is 438 g/mol. The number of nitrogens with two attached hydrogens (primary N) is 1. The highest BCUT2D eigenvalue weighted by Gasteiger charge is 2.24. The highest BCUT2D eigenvalue weighted by Crippen LogP contribution is 2.21. The van der Waals surface area contributed by atoms with Crippen molar-refractivity contribution in [2.45, 2.75) is 51.6 Å². The minimum absolute atomic E-state index is 0.170. The Labute approximate surface area is 198 Å². The van der Waals surface area contributed by atoms with Gasteiger partial charge in [-0.05, 0) is 73.9 Å². The standard InChI is InChI=1S/C25H35N3O4S/c1-17-14-20(29)15-18(2)21(17)16-22(26)24(30)28-23(11-13-33(3)32)25(31)27-12-7-10-19-8-5-4-6-9-19/h4-6,8-9,14-15,22-23,29H,7,10-13,16,26H2,1-3H3,(H,27,31)(H,28,30). The molecular formula is C25H35N3O4S. The van der Waals surface area contributed by atoms with Crippen molar-refractivity contribution in [1.29, 1.82) is 0 Å². The lowest BCUT2D eigenvalue weighted by Crippen LogP contribution is -2.52. The van der Waals surface area contributed by atoms with Crippen LogP contribution in [0.5, 0.6) is 5.75 Å². The van der Waals surface area contributed by atoms with E-state index < -0.39 is 28.8 Å². The van der Waals surface area contributed by atoms with Crippen LogP contribution in [-0.2, 0) is 33.2 Å². The van der Waals surface area contributed by atoms with Crippen molar-refractivity contribution in [3.63, 3.8) is 0 Å². The maximum absolute atomic E-state index is 12.8. The number of aryl methyl sites for hydroxylation is 3. The SMILES string of the molecule is Cc1cc(O)cc(C)c1CC(N)C(=O)NC(CCS(C)=O)C(=O)NCCCc1ccccc1. The van der Waals surface area contributed by atoms with E-state index in [1.165, 1.54) is 5.56 Å². The van der Waals surface area contributed by atoms with Gasteiger partial charge in [-0.15, -0.1) is 0 Å². The Hall–Kier alpha value is -2.71. The predicted molar refractivity (Wildman–Crippen MR) is 133 cm³/mol. The lowest BCUT2D eigenvalue weighted by Gasteiger charge is -2.21. The van der Waals surface area contributed by atoms with Crippen LogP contribution >= 0.6 is 0 Å². The molecule has 0 fully saturated rings. The molecule has 0 aromatic heterocycles. The fraction of sp³-hybridized carbons (Fsp3) is 0.440. The van der Waals surface area contributed by atoms with Gasteiger partial charge in [-0.1, -0.05) is 30.3 Å². The summed E-state index contributed by atoms with van der Waals surface area (Å²) in [6.45, 7) is 4.19. The topological polar surface area (TPSA) is 122 Å². The third kappa shape index (κ3) is 8.98. The summed E-state index contributed by atoms with van der Waals surface area (Å²) in [5.74, 6) is -0.268. The van der Waals surface area contributed by atoms with Gasteiger partial charge in [0.2, 0.25) is 11.8 Å². The maximum atomic E-state index is 12.8. The van der Waals surface area contributed by atoms with Crippen molar-refractivity contribution >= 4 is 22.6 Å². The maximum Gasteiger partial charge on any atom is 0.242 e. The lowest BCUT2D eigenvalue weighted by atomic mass is 9.96. The molecule has 0 saturated heterocycles. The Morgan fingerprint density at radius 2 is 1.73 bits per heavy atom. The van der Waals surface area contributed by atoms with Crippen LogP contribution in [0.1, 0.15) is 35.1 Å². The largest absolute Gasteiger partial charge is 0.508 e. The van der Waals surface area contributed by atoms with Crippen LogP contribution in [0.15, 0.2) is 42.5 Å². The van der Waals surface area contributed by atoms with Crippen LogP contribution in [0.2, 0.25) is 0 Å². The Kier molecular flexibility index (Phi) is 10.5. The molecule has 3 atom stereocenters. The van der Waals surface area contributed by atoms with Crippen LogP contribution in [0, 0.1) is 13.8 Å². The minimum Gasteiger partial charge on any atom is -0.508 e. The van der Waals surface area contributed by atoms with Crippen molar-refractivity contribution in [3.8, 4) is 5.75 Å². The number of nitrogens with one attached hydrogen (secondary N) is 2. The van der Waals surface area contributed by atoms with Crippen molar-refractivity contribution in [2.24, 2.45) is 5.73 Å². The van der Waals surface area contributed by atoms with Crippen LogP contribution in [0.25, 0.3) is 0 Å². The third-order valence-electron chi connectivity index (χ3n) is 5.55. The fourth-order valence-corrected chi connectivity index (χ4v) is 4.28. The second-order valence-corrected chi connectivity index (χ2v) is 9.93. The molecule has 3 unspecified atom stereocenters. The smallest absolute Gasteiger partial charge is 0.242 e. The molecule has 5 N–H and O–H groups in total. The summed E-state index contributed by atoms with van der Waals surface area (Å²) < 4.78 is 11.6. The number of carbonyl (C=O) groups is 2. The highest BCUT2D eigenvalue weighted by atomic mass is 32.2. The van der Waals surface area contributed by atoms with E-state index in [1.807, 2.05) is 44.2 Å². The first-order valence-corrected chi connectivity index (χ1v) is 12.9. The fourth-order valence-electron chi connectivity index (χ4n) is 3.71. The van der Waals surface area contributed by atoms with E-state index >= 15 is 0 Å². The molecule has 33 heavy (non-hydrogen) atoms. The molecule has 0 saturated carbocycles. The van der Waals surface area contributed by atoms with E-state index in [4.69, 9.17) is 5.73 Å². The monoisotopic (exact) mass is 473 g/mol. The summed E-state index contributed by atoms with van der Waals surface area (Å²) in [7, 11) is -1.09. The van der Waals surface area contributed by atoms with Gasteiger partial charge >= 0.3 is 0 Å². The molecule has 0 aliphatic rings. The second kappa shape index (κ2) is 13.1. The lowest BCUT2D eigenvalue weighted by molar-refractivity contribution is -0.129. The Morgan fingerprint density at radius 3 is 2.33 bits per heavy atom. The van der Waals surface area contributed by atoms with Gasteiger partial charge in [0.05, 0.1) is 6.04 Å². The van der Waals surface area contributed by atoms with E-state index in [2.05, 4.69) is 10.6 Å². The predicted octanol–water partition coefficient (Wildman–Crippen LogP) is 1.88. The molecule has 2 aromatic carbocycles. The van der Waals surface area contributed by atoms with E-state index in [0.717, 1.165) is 29.5 Å². The van der Waals surface area contributed by atoms with E-state index in [9.17, 15) is 18.9 Å². The number of phenolic OH excluding ortho intramolecular Hbond substituents is 1. The number of amides is 2. The molecule has 0 radical (unpaired) electrons. The molecule has 0 bridgehead atoms. The van der Waals surface area contributed by atoms with Gasteiger partial charge in [-0.3, -0.25) is 13.8 Å². The Balaban J connectivity index is 1.94. The van der Waals surface area contributed by atoms with Crippen LogP contribution < -0.4 is 16.4 Å². The molecule has 7 nitrogen and oxygen atoms in total. The zero-order chi connectivity index (χ0) is 24.4. The molecule has 0 heterocycles. The van der Waals surface area contributed by atoms with Gasteiger partial charge in [0.25, 0.3) is 0 Å². The number of hydrogen-bond donors (Lipinski definition) is 4. The average Bonchev–Trinajstić information content (AvgIpc) is 2.76. The average molecular weight is 474 g/mol. The summed E-state index contributed by atoms with van der Waals surface area (Å²) in [6.07, 6.45) is 3.74. The first-order chi connectivity index (χ1) is 15.7. The molecule has 180 valence electrons. The summed E-state index contributed by atoms with van der Waals surface area (Å²) in [5, 5.41) is 15.3. The first kappa shape index (κ1) is 26.5. The molecule has 0 aliphatic heterocycles. The van der Waals surface area contributed by atoms with E-state index in [-0.39, 0.29) is 24.5 Å². The van der Waals surface area contributed by atoms with Gasteiger partial charge in [0.15, 0.2) is 0 Å². The van der Waals surface area contributed by atoms with Gasteiger partial charge in [-0.25, -0.2) is 0 Å². The molecule has 0 spiro atoms. The van der Waals surface area contributed by atoms with Crippen LogP contribution in [-0.4, -0.2) is 51.8 Å². The number of hydrogen-bond acceptors (Lipinski definition) is 5. The third-order valence-corrected chi connectivity index (χ3v) is 6.36. The summed E-state index contributed by atoms with van der Waals surface area (Å²) in [4.78, 5) is 25.5. The van der Waals surface area contributed by atoms with Crippen molar-refractivity contribution < 1.29 is 18.9 Å². The normalized spacial score (nSPS) is 13.7. The van der Waals surface area contributed by atoms with Crippen LogP contribution in [0.3, 0.4) is 0 Å². The van der Waals surface area contributed by atoms with Gasteiger partial charge in [-0.2, -0.15) is 0 Å². The van der Waals surface area contributed by atoms with E-state index in [1.54, 1.807) is 18.4 Å².